The van der Waals surface area contributed by atoms with Gasteiger partial charge in [-0.25, -0.2) is 0 Å². The van der Waals surface area contributed by atoms with Gasteiger partial charge in [0.25, 0.3) is 0 Å². The molecule has 1 aliphatic rings. The van der Waals surface area contributed by atoms with Crippen LogP contribution in [-0.4, -0.2) is 81.3 Å². The van der Waals surface area contributed by atoms with Gasteiger partial charge >= 0.3 is 0 Å². The van der Waals surface area contributed by atoms with Crippen molar-refractivity contribution in [3.05, 3.63) is 72.2 Å². The number of carbonyl (C=O) groups is 1. The SMILES string of the molecule is CC(=O)SCCCN1/C(=C/c2cc[n+](CCC[N+](C)(C)CCC[N+](C)(C)C)c3ccccc23)Oc2ccccc21. The molecule has 0 atom stereocenters. The summed E-state index contributed by atoms with van der Waals surface area (Å²) in [4.78, 5) is 13.6. The average molecular weight is 564 g/mol. The van der Waals surface area contributed by atoms with Gasteiger partial charge in [-0.3, -0.25) is 4.79 Å². The smallest absolute Gasteiger partial charge is 0.213 e. The number of ether oxygens (including phenoxy) is 1. The number of anilines is 1. The van der Waals surface area contributed by atoms with Crippen LogP contribution in [0.4, 0.5) is 5.69 Å². The number of nitrogens with zero attached hydrogens (tertiary/aromatic N) is 4. The highest BCUT2D eigenvalue weighted by molar-refractivity contribution is 8.13. The van der Waals surface area contributed by atoms with Crippen LogP contribution in [0.25, 0.3) is 17.0 Å². The van der Waals surface area contributed by atoms with Crippen LogP contribution in [0.1, 0.15) is 31.7 Å². The number of carbonyl (C=O) groups excluding carboxylic acids is 1. The molecule has 1 aliphatic heterocycles. The summed E-state index contributed by atoms with van der Waals surface area (Å²) in [7, 11) is 11.5. The van der Waals surface area contributed by atoms with Gasteiger partial charge in [0.05, 0.1) is 72.4 Å². The van der Waals surface area contributed by atoms with Gasteiger partial charge in [0.1, 0.15) is 0 Å². The Hall–Kier alpha value is -2.87. The molecule has 0 saturated heterocycles. The van der Waals surface area contributed by atoms with Gasteiger partial charge in [-0.05, 0) is 30.2 Å². The highest BCUT2D eigenvalue weighted by Crippen LogP contribution is 2.39. The number of benzene rings is 2. The lowest BCUT2D eigenvalue weighted by atomic mass is 10.1. The van der Waals surface area contributed by atoms with Gasteiger partial charge in [0.15, 0.2) is 23.6 Å². The minimum absolute atomic E-state index is 0.167. The molecule has 0 N–H and O–H groups in total. The number of thioether (sulfide) groups is 1. The third-order valence-electron chi connectivity index (χ3n) is 7.46. The Balaban J connectivity index is 1.49. The predicted octanol–water partition coefficient (Wildman–Crippen LogP) is 5.56. The number of para-hydroxylation sites is 3. The first kappa shape index (κ1) is 30.1. The van der Waals surface area contributed by atoms with Crippen LogP contribution in [0.2, 0.25) is 0 Å². The number of pyridine rings is 1. The summed E-state index contributed by atoms with van der Waals surface area (Å²) in [6, 6.07) is 19.1. The first-order chi connectivity index (χ1) is 19.0. The lowest BCUT2D eigenvalue weighted by Gasteiger charge is -2.31. The van der Waals surface area contributed by atoms with E-state index in [1.165, 1.54) is 42.2 Å². The zero-order valence-electron chi connectivity index (χ0n) is 25.2. The summed E-state index contributed by atoms with van der Waals surface area (Å²) in [5.74, 6) is 2.52. The minimum Gasteiger partial charge on any atom is -0.439 e. The molecule has 0 saturated carbocycles. The van der Waals surface area contributed by atoms with Gasteiger partial charge < -0.3 is 18.6 Å². The number of quaternary nitrogens is 2. The summed E-state index contributed by atoms with van der Waals surface area (Å²) in [5.41, 5.74) is 3.47. The fourth-order valence-corrected chi connectivity index (χ4v) is 5.91. The van der Waals surface area contributed by atoms with Crippen molar-refractivity contribution in [2.45, 2.75) is 32.7 Å². The van der Waals surface area contributed by atoms with Crippen molar-refractivity contribution in [1.29, 1.82) is 0 Å². The molecule has 0 spiro atoms. The van der Waals surface area contributed by atoms with Crippen molar-refractivity contribution in [2.75, 3.05) is 72.1 Å². The zero-order valence-corrected chi connectivity index (χ0v) is 26.0. The molecular formula is C33H47N4O2S+3. The van der Waals surface area contributed by atoms with Crippen molar-refractivity contribution < 1.29 is 23.1 Å². The summed E-state index contributed by atoms with van der Waals surface area (Å²) >= 11 is 1.39. The second kappa shape index (κ2) is 13.2. The number of rotatable bonds is 13. The normalized spacial score (nSPS) is 14.6. The monoisotopic (exact) mass is 563 g/mol. The van der Waals surface area contributed by atoms with Gasteiger partial charge in [0, 0.05) is 43.9 Å². The van der Waals surface area contributed by atoms with E-state index in [1.807, 2.05) is 18.2 Å². The van der Waals surface area contributed by atoms with Crippen LogP contribution >= 0.6 is 11.8 Å². The zero-order chi connectivity index (χ0) is 28.8. The summed E-state index contributed by atoms with van der Waals surface area (Å²) in [5, 5.41) is 1.39. The summed E-state index contributed by atoms with van der Waals surface area (Å²) < 4.78 is 10.8. The van der Waals surface area contributed by atoms with Crippen molar-refractivity contribution in [1.82, 2.24) is 0 Å². The first-order valence-electron chi connectivity index (χ1n) is 14.5. The average Bonchev–Trinajstić information content (AvgIpc) is 3.23. The van der Waals surface area contributed by atoms with Crippen molar-refractivity contribution in [2.24, 2.45) is 0 Å². The maximum absolute atomic E-state index is 11.4. The van der Waals surface area contributed by atoms with Crippen LogP contribution < -0.4 is 14.2 Å². The van der Waals surface area contributed by atoms with Gasteiger partial charge in [-0.1, -0.05) is 36.0 Å². The molecule has 1 aromatic heterocycles. The van der Waals surface area contributed by atoms with E-state index < -0.39 is 0 Å². The highest BCUT2D eigenvalue weighted by atomic mass is 32.2. The third-order valence-corrected chi connectivity index (χ3v) is 8.36. The molecule has 0 fully saturated rings. The van der Waals surface area contributed by atoms with Crippen LogP contribution in [0.15, 0.2) is 66.7 Å². The standard InChI is InChI=1S/C33H47N4O2S/c1-27(38)40-25-12-20-35-31-16-9-10-17-32(31)39-33(35)26-28-18-21-34(30-15-8-7-14-29(28)30)19-11-23-37(5,6)24-13-22-36(2,3)4/h7-10,14-18,21,26H,11-13,19-20,22-25H2,1-6H3/q+3. The number of hydrogen-bond acceptors (Lipinski definition) is 4. The van der Waals surface area contributed by atoms with E-state index in [4.69, 9.17) is 4.74 Å². The van der Waals surface area contributed by atoms with E-state index in [9.17, 15) is 4.79 Å². The van der Waals surface area contributed by atoms with E-state index >= 15 is 0 Å². The second-order valence-electron chi connectivity index (χ2n) is 12.5. The third kappa shape index (κ3) is 8.32. The minimum atomic E-state index is 0.167. The summed E-state index contributed by atoms with van der Waals surface area (Å²) in [6.07, 6.45) is 7.67. The maximum atomic E-state index is 11.4. The largest absolute Gasteiger partial charge is 0.439 e. The van der Waals surface area contributed by atoms with E-state index in [-0.39, 0.29) is 5.12 Å². The Morgan fingerprint density at radius 3 is 2.42 bits per heavy atom. The van der Waals surface area contributed by atoms with E-state index in [0.717, 1.165) is 70.1 Å². The van der Waals surface area contributed by atoms with Crippen LogP contribution in [0.3, 0.4) is 0 Å². The Kier molecular flexibility index (Phi) is 9.93. The lowest BCUT2D eigenvalue weighted by molar-refractivity contribution is -0.903. The van der Waals surface area contributed by atoms with Crippen LogP contribution in [0, 0.1) is 0 Å². The van der Waals surface area contributed by atoms with Gasteiger partial charge in [0.2, 0.25) is 11.4 Å². The topological polar surface area (TPSA) is 33.4 Å². The molecule has 0 unspecified atom stereocenters. The molecule has 40 heavy (non-hydrogen) atoms. The molecular weight excluding hydrogens is 516 g/mol. The molecule has 0 aliphatic carbocycles. The molecule has 7 heteroatoms. The number of hydrogen-bond donors (Lipinski definition) is 0. The maximum Gasteiger partial charge on any atom is 0.213 e. The fourth-order valence-electron chi connectivity index (χ4n) is 5.35. The second-order valence-corrected chi connectivity index (χ2v) is 13.8. The van der Waals surface area contributed by atoms with Crippen molar-refractivity contribution in [3.63, 3.8) is 0 Å². The Morgan fingerprint density at radius 2 is 1.65 bits per heavy atom. The molecule has 4 rings (SSSR count). The molecule has 6 nitrogen and oxygen atoms in total. The molecule has 2 heterocycles. The van der Waals surface area contributed by atoms with E-state index in [2.05, 4.69) is 93.4 Å². The van der Waals surface area contributed by atoms with E-state index in [0.29, 0.717) is 0 Å². The van der Waals surface area contributed by atoms with Crippen molar-refractivity contribution in [3.8, 4) is 5.75 Å². The Morgan fingerprint density at radius 1 is 0.925 bits per heavy atom. The Labute approximate surface area is 245 Å². The molecule has 214 valence electrons. The van der Waals surface area contributed by atoms with E-state index in [1.54, 1.807) is 6.92 Å². The van der Waals surface area contributed by atoms with Crippen molar-refractivity contribution >= 4 is 39.5 Å². The number of fused-ring (bicyclic) bond motifs is 2. The quantitative estimate of drug-likeness (QED) is 0.155. The fraction of sp³-hybridized carbons (Fsp3) is 0.455. The Bertz CT molecular complexity index is 1350. The number of aryl methyl sites for hydroxylation is 1. The summed E-state index contributed by atoms with van der Waals surface area (Å²) in [6.45, 7) is 7.01. The molecule has 0 amide bonds. The molecule has 0 radical (unpaired) electrons. The van der Waals surface area contributed by atoms with Crippen LogP contribution in [0.5, 0.6) is 5.75 Å². The van der Waals surface area contributed by atoms with Crippen LogP contribution in [-0.2, 0) is 11.3 Å². The number of aromatic nitrogens is 1. The van der Waals surface area contributed by atoms with Gasteiger partial charge in [-0.15, -0.1) is 0 Å². The predicted molar refractivity (Wildman–Crippen MR) is 168 cm³/mol. The first-order valence-corrected chi connectivity index (χ1v) is 15.4. The molecule has 2 aromatic carbocycles. The highest BCUT2D eigenvalue weighted by Gasteiger charge is 2.26. The molecule has 3 aromatic rings. The van der Waals surface area contributed by atoms with Gasteiger partial charge in [-0.2, -0.15) is 4.57 Å². The molecule has 0 bridgehead atoms. The lowest BCUT2D eigenvalue weighted by Crippen LogP contribution is -2.45.